The van der Waals surface area contributed by atoms with Crippen LogP contribution in [0.3, 0.4) is 0 Å². The van der Waals surface area contributed by atoms with E-state index in [1.54, 1.807) is 6.92 Å². The molecule has 0 saturated carbocycles. The quantitative estimate of drug-likeness (QED) is 0.240. The topological polar surface area (TPSA) is 85.5 Å². The molecule has 0 aromatic rings. The van der Waals surface area contributed by atoms with Crippen molar-refractivity contribution in [3.63, 3.8) is 0 Å². The molecule has 0 unspecified atom stereocenters. The van der Waals surface area contributed by atoms with Crippen LogP contribution < -0.4 is 34.7 Å². The van der Waals surface area contributed by atoms with Crippen LogP contribution in [0.15, 0.2) is 5.16 Å². The molecule has 0 aliphatic heterocycles. The van der Waals surface area contributed by atoms with Crippen LogP contribution in [0.1, 0.15) is 6.92 Å². The maximum Gasteiger partial charge on any atom is 1.00 e. The summed E-state index contributed by atoms with van der Waals surface area (Å²) < 4.78 is 0. The van der Waals surface area contributed by atoms with Gasteiger partial charge >= 0.3 is 29.6 Å². The Morgan fingerprint density at radius 1 is 1.82 bits per heavy atom. The van der Waals surface area contributed by atoms with E-state index in [1.807, 2.05) is 0 Å². The zero-order valence-corrected chi connectivity index (χ0v) is 8.33. The molecule has 11 heavy (non-hydrogen) atoms. The van der Waals surface area contributed by atoms with Crippen LogP contribution in [-0.2, 0) is 9.63 Å². The molecule has 0 heterocycles. The molecule has 0 amide bonds. The van der Waals surface area contributed by atoms with E-state index in [9.17, 15) is 9.90 Å². The van der Waals surface area contributed by atoms with Gasteiger partial charge in [0.2, 0.25) is 5.71 Å². The van der Waals surface area contributed by atoms with Crippen molar-refractivity contribution in [2.45, 2.75) is 6.92 Å². The Balaban J connectivity index is 0. The predicted octanol–water partition coefficient (Wildman–Crippen LogP) is -4.34. The summed E-state index contributed by atoms with van der Waals surface area (Å²) in [5, 5.41) is 20.9. The Labute approximate surface area is 85.9 Å². The summed E-state index contributed by atoms with van der Waals surface area (Å²) in [5.74, 6) is -1.63. The Kier molecular flexibility index (Phi) is 8.94. The van der Waals surface area contributed by atoms with Gasteiger partial charge < -0.3 is 14.7 Å². The van der Waals surface area contributed by atoms with E-state index in [4.69, 9.17) is 5.26 Å². The molecule has 54 valence electrons. The average molecular weight is 164 g/mol. The molecule has 0 rings (SSSR count). The number of hydrogen-bond acceptors (Lipinski definition) is 5. The third kappa shape index (κ3) is 5.85. The number of nitrogens with zero attached hydrogens (tertiary/aromatic N) is 2. The van der Waals surface area contributed by atoms with Crippen molar-refractivity contribution < 1.29 is 44.3 Å². The van der Waals surface area contributed by atoms with Crippen LogP contribution in [0.5, 0.6) is 0 Å². The zero-order chi connectivity index (χ0) is 7.98. The maximum absolute atomic E-state index is 9.89. The number of aliphatic carboxylic acids is 1. The van der Waals surface area contributed by atoms with Gasteiger partial charge in [-0.1, -0.05) is 5.16 Å². The van der Waals surface area contributed by atoms with Gasteiger partial charge in [0.15, 0.2) is 0 Å². The molecule has 0 atom stereocenters. The van der Waals surface area contributed by atoms with Gasteiger partial charge in [0, 0.05) is 0 Å². The Morgan fingerprint density at radius 2 is 2.36 bits per heavy atom. The van der Waals surface area contributed by atoms with Crippen LogP contribution in [0, 0.1) is 11.3 Å². The predicted molar refractivity (Wildman–Crippen MR) is 29.7 cm³/mol. The molecule has 0 bridgehead atoms. The van der Waals surface area contributed by atoms with Gasteiger partial charge in [-0.05, 0) is 6.92 Å². The number of oxime groups is 1. The molecular formula is C5H5N2NaO3. The molecule has 0 spiro atoms. The number of nitriles is 1. The van der Waals surface area contributed by atoms with Crippen LogP contribution >= 0.6 is 0 Å². The summed E-state index contributed by atoms with van der Waals surface area (Å²) >= 11 is 0. The van der Waals surface area contributed by atoms with Crippen molar-refractivity contribution >= 4 is 11.7 Å². The first kappa shape index (κ1) is 13.1. The Morgan fingerprint density at radius 3 is 2.64 bits per heavy atom. The largest absolute Gasteiger partial charge is 1.00 e. The minimum Gasteiger partial charge on any atom is -0.542 e. The van der Waals surface area contributed by atoms with Gasteiger partial charge in [-0.25, -0.2) is 0 Å². The van der Waals surface area contributed by atoms with E-state index in [1.165, 1.54) is 6.07 Å². The number of rotatable bonds is 3. The van der Waals surface area contributed by atoms with E-state index in [2.05, 4.69) is 9.99 Å². The third-order valence-corrected chi connectivity index (χ3v) is 0.584. The molecule has 5 nitrogen and oxygen atoms in total. The third-order valence-electron chi connectivity index (χ3n) is 0.584. The minimum atomic E-state index is -1.63. The number of carbonyl (C=O) groups is 1. The summed E-state index contributed by atoms with van der Waals surface area (Å²) in [6.45, 7) is 1.84. The monoisotopic (exact) mass is 164 g/mol. The molecule has 0 aliphatic carbocycles. The first-order valence-electron chi connectivity index (χ1n) is 2.53. The van der Waals surface area contributed by atoms with Crippen molar-refractivity contribution in [3.05, 3.63) is 0 Å². The molecule has 6 heteroatoms. The SMILES string of the molecule is CCON=C(C#N)C(=O)[O-].[Na+]. The van der Waals surface area contributed by atoms with Crippen LogP contribution in [0.4, 0.5) is 0 Å². The summed E-state index contributed by atoms with van der Waals surface area (Å²) in [5.41, 5.74) is -0.748. The first-order chi connectivity index (χ1) is 4.72. The summed E-state index contributed by atoms with van der Waals surface area (Å²) in [6.07, 6.45) is 0. The van der Waals surface area contributed by atoms with Gasteiger partial charge in [0.25, 0.3) is 0 Å². The fraction of sp³-hybridized carbons (Fsp3) is 0.400. The standard InChI is InChI=1S/C5H6N2O3.Na/c1-2-10-7-4(3-6)5(8)9;/h2H2,1H3,(H,8,9);/q;+1/p-1. The van der Waals surface area contributed by atoms with Crippen LogP contribution in [0.2, 0.25) is 0 Å². The van der Waals surface area contributed by atoms with Crippen molar-refractivity contribution in [2.24, 2.45) is 5.16 Å². The van der Waals surface area contributed by atoms with Gasteiger partial charge in [-0.3, -0.25) is 0 Å². The molecule has 0 aliphatic rings. The maximum atomic E-state index is 9.89. The zero-order valence-electron chi connectivity index (χ0n) is 6.33. The van der Waals surface area contributed by atoms with E-state index in [0.29, 0.717) is 0 Å². The smallest absolute Gasteiger partial charge is 0.542 e. The van der Waals surface area contributed by atoms with Crippen molar-refractivity contribution in [2.75, 3.05) is 6.61 Å². The van der Waals surface area contributed by atoms with Gasteiger partial charge in [0.05, 0.1) is 0 Å². The number of carbonyl (C=O) groups excluding carboxylic acids is 1. The van der Waals surface area contributed by atoms with Gasteiger partial charge in [-0.2, -0.15) is 5.26 Å². The van der Waals surface area contributed by atoms with Crippen molar-refractivity contribution in [1.82, 2.24) is 0 Å². The van der Waals surface area contributed by atoms with Gasteiger partial charge in [0.1, 0.15) is 18.6 Å². The number of carboxylic acids is 1. The Bertz CT molecular complexity index is 196. The van der Waals surface area contributed by atoms with E-state index >= 15 is 0 Å². The Hall–Kier alpha value is -0.570. The molecule has 0 radical (unpaired) electrons. The van der Waals surface area contributed by atoms with E-state index in [0.717, 1.165) is 0 Å². The fourth-order valence-electron chi connectivity index (χ4n) is 0.232. The summed E-state index contributed by atoms with van der Waals surface area (Å²) in [4.78, 5) is 14.2. The first-order valence-corrected chi connectivity index (χ1v) is 2.53. The molecule has 0 fully saturated rings. The van der Waals surface area contributed by atoms with E-state index < -0.39 is 11.7 Å². The normalized spacial score (nSPS) is 9.27. The van der Waals surface area contributed by atoms with Crippen molar-refractivity contribution in [1.29, 1.82) is 5.26 Å². The second kappa shape index (κ2) is 7.54. The molecule has 0 aromatic carbocycles. The second-order valence-electron chi connectivity index (χ2n) is 1.26. The minimum absolute atomic E-state index is 0. The molecule has 0 aromatic heterocycles. The molecule has 0 saturated heterocycles. The summed E-state index contributed by atoms with van der Waals surface area (Å²) in [7, 11) is 0. The van der Waals surface area contributed by atoms with E-state index in [-0.39, 0.29) is 36.2 Å². The number of hydrogen-bond donors (Lipinski definition) is 0. The number of carboxylic acid groups (broad SMARTS) is 1. The van der Waals surface area contributed by atoms with Crippen LogP contribution in [-0.4, -0.2) is 18.3 Å². The summed E-state index contributed by atoms with van der Waals surface area (Å²) in [6, 6.07) is 1.30. The molecular weight excluding hydrogens is 159 g/mol. The van der Waals surface area contributed by atoms with Crippen LogP contribution in [0.25, 0.3) is 0 Å². The fourth-order valence-corrected chi connectivity index (χ4v) is 0.232. The molecule has 0 N–H and O–H groups in total. The van der Waals surface area contributed by atoms with Crippen molar-refractivity contribution in [3.8, 4) is 6.07 Å². The van der Waals surface area contributed by atoms with Gasteiger partial charge in [-0.15, -0.1) is 0 Å². The average Bonchev–Trinajstić information content (AvgIpc) is 1.89. The second-order valence-corrected chi connectivity index (χ2v) is 1.26.